The van der Waals surface area contributed by atoms with Gasteiger partial charge in [-0.2, -0.15) is 0 Å². The van der Waals surface area contributed by atoms with Gasteiger partial charge in [0, 0.05) is 19.2 Å². The van der Waals surface area contributed by atoms with Crippen LogP contribution < -0.4 is 0 Å². The molecular weight excluding hydrogens is 278 g/mol. The average Bonchev–Trinajstić information content (AvgIpc) is 3.02. The van der Waals surface area contributed by atoms with Crippen molar-refractivity contribution in [1.29, 1.82) is 0 Å². The number of carboxylic acids is 1. The number of β-amino-alcohol motifs (C(OH)–C–C–N with tert-alkyl or cyclic N) is 1. The second-order valence-electron chi connectivity index (χ2n) is 5.05. The highest BCUT2D eigenvalue weighted by atomic mass is 16.5. The van der Waals surface area contributed by atoms with Crippen molar-refractivity contribution < 1.29 is 24.3 Å². The van der Waals surface area contributed by atoms with E-state index in [1.54, 1.807) is 13.0 Å². The lowest BCUT2D eigenvalue weighted by Gasteiger charge is -2.20. The Hall–Kier alpha value is -2.48. The second kappa shape index (κ2) is 4.81. The fourth-order valence-corrected chi connectivity index (χ4v) is 2.50. The summed E-state index contributed by atoms with van der Waals surface area (Å²) in [6, 6.07) is 0.548. The molecule has 2 N–H and O–H groups in total. The van der Waals surface area contributed by atoms with Crippen LogP contribution in [0.4, 0.5) is 0 Å². The molecule has 1 fully saturated rings. The molecule has 0 radical (unpaired) electrons. The van der Waals surface area contributed by atoms with Crippen LogP contribution in [0.3, 0.4) is 0 Å². The summed E-state index contributed by atoms with van der Waals surface area (Å²) in [5, 5.41) is 23.1. The Morgan fingerprint density at radius 3 is 2.95 bits per heavy atom. The molecule has 1 amide bonds. The number of pyridine rings is 1. The molecule has 1 aliphatic heterocycles. The Bertz CT molecular complexity index is 726. The third-order valence-electron chi connectivity index (χ3n) is 3.58. The number of rotatable bonds is 2. The number of hydrogen-bond donors (Lipinski definition) is 2. The van der Waals surface area contributed by atoms with Crippen molar-refractivity contribution in [1.82, 2.24) is 15.0 Å². The van der Waals surface area contributed by atoms with Gasteiger partial charge in [0.25, 0.3) is 11.6 Å². The molecule has 0 unspecified atom stereocenters. The van der Waals surface area contributed by atoms with Crippen LogP contribution in [-0.2, 0) is 4.79 Å². The maximum atomic E-state index is 12.4. The van der Waals surface area contributed by atoms with Gasteiger partial charge in [-0.15, -0.1) is 0 Å². The molecule has 0 bridgehead atoms. The quantitative estimate of drug-likeness (QED) is 0.811. The predicted octanol–water partition coefficient (Wildman–Crippen LogP) is 0.191. The number of aromatic nitrogens is 2. The summed E-state index contributed by atoms with van der Waals surface area (Å²) in [4.78, 5) is 28.8. The van der Waals surface area contributed by atoms with Gasteiger partial charge in [-0.25, -0.2) is 9.78 Å². The molecule has 21 heavy (non-hydrogen) atoms. The summed E-state index contributed by atoms with van der Waals surface area (Å²) in [6.07, 6.45) is 0.520. The van der Waals surface area contributed by atoms with E-state index in [0.29, 0.717) is 16.8 Å². The monoisotopic (exact) mass is 291 g/mol. The van der Waals surface area contributed by atoms with Gasteiger partial charge >= 0.3 is 5.97 Å². The first-order chi connectivity index (χ1) is 9.97. The lowest BCUT2D eigenvalue weighted by atomic mass is 10.1. The number of carboxylic acid groups (broad SMARTS) is 1. The number of amides is 1. The van der Waals surface area contributed by atoms with Crippen molar-refractivity contribution in [3.63, 3.8) is 0 Å². The highest BCUT2D eigenvalue weighted by molar-refractivity contribution is 5.99. The number of aliphatic hydroxyl groups excluding tert-OH is 1. The minimum Gasteiger partial charge on any atom is -0.480 e. The molecule has 2 aromatic heterocycles. The van der Waals surface area contributed by atoms with E-state index in [1.807, 2.05) is 0 Å². The van der Waals surface area contributed by atoms with Gasteiger partial charge in [-0.05, 0) is 13.0 Å². The number of nitrogens with zero attached hydrogens (tertiary/aromatic N) is 3. The number of carbonyl (C=O) groups is 2. The van der Waals surface area contributed by atoms with E-state index in [9.17, 15) is 14.7 Å². The van der Waals surface area contributed by atoms with Gasteiger partial charge < -0.3 is 19.6 Å². The molecule has 8 nitrogen and oxygen atoms in total. The number of carbonyl (C=O) groups excluding carboxylic acids is 1. The standard InChI is InChI=1S/C13H13N3O5/c1-6-9-2-7(4-14-11(9)21-15-6)12(18)16-5-8(17)3-10(16)13(19)20/h2,4,8,10,17H,3,5H2,1H3,(H,19,20)/t8-,10+/m1/s1. The molecule has 2 aromatic rings. The third kappa shape index (κ3) is 2.23. The van der Waals surface area contributed by atoms with Gasteiger partial charge in [0.15, 0.2) is 0 Å². The van der Waals surface area contributed by atoms with E-state index in [0.717, 1.165) is 4.90 Å². The topological polar surface area (TPSA) is 117 Å². The van der Waals surface area contributed by atoms with Crippen molar-refractivity contribution >= 4 is 23.0 Å². The third-order valence-corrected chi connectivity index (χ3v) is 3.58. The van der Waals surface area contributed by atoms with Crippen molar-refractivity contribution in [2.45, 2.75) is 25.5 Å². The Morgan fingerprint density at radius 2 is 2.24 bits per heavy atom. The lowest BCUT2D eigenvalue weighted by Crippen LogP contribution is -2.40. The second-order valence-corrected chi connectivity index (χ2v) is 5.05. The van der Waals surface area contributed by atoms with Gasteiger partial charge in [0.2, 0.25) is 0 Å². The fourth-order valence-electron chi connectivity index (χ4n) is 2.50. The van der Waals surface area contributed by atoms with E-state index in [-0.39, 0.29) is 18.5 Å². The first-order valence-corrected chi connectivity index (χ1v) is 6.41. The number of likely N-dealkylation sites (tertiary alicyclic amines) is 1. The largest absolute Gasteiger partial charge is 0.480 e. The van der Waals surface area contributed by atoms with Crippen molar-refractivity contribution in [2.24, 2.45) is 0 Å². The first kappa shape index (κ1) is 13.5. The predicted molar refractivity (Wildman–Crippen MR) is 69.6 cm³/mol. The van der Waals surface area contributed by atoms with Crippen LogP contribution in [0.5, 0.6) is 0 Å². The highest BCUT2D eigenvalue weighted by Crippen LogP contribution is 2.23. The molecule has 0 saturated carbocycles. The molecule has 1 aliphatic rings. The lowest BCUT2D eigenvalue weighted by molar-refractivity contribution is -0.141. The Balaban J connectivity index is 1.95. The van der Waals surface area contributed by atoms with Crippen LogP contribution in [0.2, 0.25) is 0 Å². The van der Waals surface area contributed by atoms with Crippen molar-refractivity contribution in [2.75, 3.05) is 6.54 Å². The smallest absolute Gasteiger partial charge is 0.326 e. The molecule has 0 aliphatic carbocycles. The van der Waals surface area contributed by atoms with E-state index < -0.39 is 24.0 Å². The molecule has 0 spiro atoms. The number of aliphatic hydroxyl groups is 1. The Kier molecular flexibility index (Phi) is 3.09. The zero-order chi connectivity index (χ0) is 15.1. The number of aryl methyl sites for hydroxylation is 1. The molecule has 0 aromatic carbocycles. The summed E-state index contributed by atoms with van der Waals surface area (Å²) >= 11 is 0. The zero-order valence-electron chi connectivity index (χ0n) is 11.2. The van der Waals surface area contributed by atoms with Crippen molar-refractivity contribution in [3.8, 4) is 0 Å². The maximum Gasteiger partial charge on any atom is 0.326 e. The Morgan fingerprint density at radius 1 is 1.48 bits per heavy atom. The number of aliphatic carboxylic acids is 1. The van der Waals surface area contributed by atoms with Gasteiger partial charge in [-0.3, -0.25) is 4.79 Å². The van der Waals surface area contributed by atoms with Crippen LogP contribution in [0, 0.1) is 6.92 Å². The molecule has 3 rings (SSSR count). The normalized spacial score (nSPS) is 21.9. The summed E-state index contributed by atoms with van der Waals surface area (Å²) in [5.41, 5.74) is 1.16. The molecular formula is C13H13N3O5. The number of fused-ring (bicyclic) bond motifs is 1. The van der Waals surface area contributed by atoms with E-state index in [4.69, 9.17) is 9.63 Å². The maximum absolute atomic E-state index is 12.4. The molecule has 8 heteroatoms. The van der Waals surface area contributed by atoms with Crippen molar-refractivity contribution in [3.05, 3.63) is 23.5 Å². The van der Waals surface area contributed by atoms with Gasteiger partial charge in [-0.1, -0.05) is 5.16 Å². The summed E-state index contributed by atoms with van der Waals surface area (Å²) in [7, 11) is 0. The highest BCUT2D eigenvalue weighted by Gasteiger charge is 2.39. The number of hydrogen-bond acceptors (Lipinski definition) is 6. The molecule has 3 heterocycles. The summed E-state index contributed by atoms with van der Waals surface area (Å²) in [5.74, 6) is -1.61. The van der Waals surface area contributed by atoms with E-state index in [2.05, 4.69) is 10.1 Å². The molecule has 1 saturated heterocycles. The fraction of sp³-hybridized carbons (Fsp3) is 0.385. The zero-order valence-corrected chi connectivity index (χ0v) is 11.2. The Labute approximate surface area is 119 Å². The minimum absolute atomic E-state index is 0.00352. The SMILES string of the molecule is Cc1noc2ncc(C(=O)N3C[C@H](O)C[C@H]3C(=O)O)cc12. The van der Waals surface area contributed by atoms with Crippen LogP contribution in [-0.4, -0.2) is 55.8 Å². The van der Waals surface area contributed by atoms with Crippen LogP contribution >= 0.6 is 0 Å². The average molecular weight is 291 g/mol. The van der Waals surface area contributed by atoms with E-state index >= 15 is 0 Å². The molecule has 2 atom stereocenters. The molecule has 110 valence electrons. The van der Waals surface area contributed by atoms with Gasteiger partial charge in [0.1, 0.15) is 6.04 Å². The van der Waals surface area contributed by atoms with E-state index in [1.165, 1.54) is 6.20 Å². The van der Waals surface area contributed by atoms with Crippen LogP contribution in [0.25, 0.3) is 11.1 Å². The first-order valence-electron chi connectivity index (χ1n) is 6.41. The summed E-state index contributed by atoms with van der Waals surface area (Å²) < 4.78 is 4.97. The van der Waals surface area contributed by atoms with Crippen LogP contribution in [0.15, 0.2) is 16.8 Å². The van der Waals surface area contributed by atoms with Gasteiger partial charge in [0.05, 0.1) is 22.7 Å². The minimum atomic E-state index is -1.13. The van der Waals surface area contributed by atoms with Crippen LogP contribution in [0.1, 0.15) is 22.5 Å². The summed E-state index contributed by atoms with van der Waals surface area (Å²) in [6.45, 7) is 1.72.